The molecule has 0 radical (unpaired) electrons. The van der Waals surface area contributed by atoms with Crippen LogP contribution in [0.2, 0.25) is 0 Å². The van der Waals surface area contributed by atoms with Crippen molar-refractivity contribution in [1.29, 1.82) is 0 Å². The van der Waals surface area contributed by atoms with E-state index >= 15 is 0 Å². The molecule has 3 rings (SSSR count). The van der Waals surface area contributed by atoms with Crippen molar-refractivity contribution in [2.24, 2.45) is 0 Å². The van der Waals surface area contributed by atoms with Gasteiger partial charge in [0.05, 0.1) is 6.54 Å². The average molecular weight is 241 g/mol. The Balaban J connectivity index is 2.17. The molecule has 0 atom stereocenters. The summed E-state index contributed by atoms with van der Waals surface area (Å²) in [4.78, 5) is 41.6. The fourth-order valence-electron chi connectivity index (χ4n) is 1.88. The van der Waals surface area contributed by atoms with Crippen molar-refractivity contribution >= 4 is 0 Å². The molecule has 0 saturated carbocycles. The molecule has 2 aliphatic heterocycles. The van der Waals surface area contributed by atoms with Crippen LogP contribution in [0.25, 0.3) is 11.4 Å². The zero-order valence-corrected chi connectivity index (χ0v) is 9.16. The number of imidazole rings is 1. The first-order valence-corrected chi connectivity index (χ1v) is 5.28. The Morgan fingerprint density at radius 1 is 0.889 bits per heavy atom. The second-order valence-corrected chi connectivity index (χ2v) is 3.89. The summed E-state index contributed by atoms with van der Waals surface area (Å²) in [6.07, 6.45) is 0. The van der Waals surface area contributed by atoms with Crippen molar-refractivity contribution in [2.75, 3.05) is 0 Å². The lowest BCUT2D eigenvalue weighted by Gasteiger charge is -1.99. The van der Waals surface area contributed by atoms with Crippen LogP contribution in [0.15, 0.2) is 44.7 Å². The normalized spacial score (nSPS) is 11.1. The number of rotatable bonds is 2. The monoisotopic (exact) mass is 241 g/mol. The van der Waals surface area contributed by atoms with Crippen LogP contribution in [0, 0.1) is 0 Å². The molecule has 0 bridgehead atoms. The number of fused-ring (bicyclic) bond motifs is 1. The zero-order chi connectivity index (χ0) is 12.7. The molecule has 6 heteroatoms. The number of hydrogen-bond acceptors (Lipinski definition) is 5. The van der Waals surface area contributed by atoms with Crippen LogP contribution in [0.3, 0.4) is 0 Å². The van der Waals surface area contributed by atoms with Gasteiger partial charge in [0.15, 0.2) is 11.4 Å². The molecule has 2 aliphatic rings. The molecule has 0 aromatic heterocycles. The minimum Gasteiger partial charge on any atom is -0.267 e. The molecular weight excluding hydrogens is 234 g/mol. The topological polar surface area (TPSA) is 81.9 Å². The highest BCUT2D eigenvalue weighted by atomic mass is 16.2. The first kappa shape index (κ1) is 10.5. The van der Waals surface area contributed by atoms with Crippen LogP contribution in [-0.4, -0.2) is 14.5 Å². The number of nitrogens with zero attached hydrogens (tertiary/aromatic N) is 3. The number of aromatic nitrogens is 3. The summed E-state index contributed by atoms with van der Waals surface area (Å²) in [6.45, 7) is 0.157. The van der Waals surface area contributed by atoms with E-state index in [1.165, 1.54) is 0 Å². The Morgan fingerprint density at radius 3 is 2.00 bits per heavy atom. The van der Waals surface area contributed by atoms with E-state index in [4.69, 9.17) is 0 Å². The van der Waals surface area contributed by atoms with Gasteiger partial charge in [0, 0.05) is 0 Å². The van der Waals surface area contributed by atoms with Gasteiger partial charge in [-0.25, -0.2) is 4.79 Å². The lowest BCUT2D eigenvalue weighted by Crippen LogP contribution is -2.26. The van der Waals surface area contributed by atoms with Crippen LogP contribution >= 0.6 is 0 Å². The van der Waals surface area contributed by atoms with Crippen LogP contribution in [0.1, 0.15) is 5.56 Å². The van der Waals surface area contributed by atoms with E-state index in [-0.39, 0.29) is 17.9 Å². The quantitative estimate of drug-likeness (QED) is 0.597. The Labute approximate surface area is 100 Å². The molecule has 1 aromatic carbocycles. The summed E-state index contributed by atoms with van der Waals surface area (Å²) in [5.74, 6) is 0. The summed E-state index contributed by atoms with van der Waals surface area (Å²) in [5.41, 5.74) is -1.36. The van der Waals surface area contributed by atoms with E-state index in [0.29, 0.717) is 0 Å². The van der Waals surface area contributed by atoms with Crippen LogP contribution in [0.5, 0.6) is 0 Å². The second-order valence-electron chi connectivity index (χ2n) is 3.89. The Bertz CT molecular complexity index is 767. The third-order valence-corrected chi connectivity index (χ3v) is 2.72. The summed E-state index contributed by atoms with van der Waals surface area (Å²) in [5, 5.41) is 0. The zero-order valence-electron chi connectivity index (χ0n) is 9.16. The van der Waals surface area contributed by atoms with Gasteiger partial charge in [-0.1, -0.05) is 30.3 Å². The Hall–Kier alpha value is -2.63. The largest absolute Gasteiger partial charge is 0.368 e. The van der Waals surface area contributed by atoms with Crippen molar-refractivity contribution in [3.8, 4) is 11.4 Å². The standard InChI is InChI=1S/C12H7N3O3/c16-10-8-9(14-12(18)13-8)11(17)15(10)6-7-4-2-1-3-5-7/h1-5H,6H2. The highest BCUT2D eigenvalue weighted by molar-refractivity contribution is 5.54. The molecule has 6 nitrogen and oxygen atoms in total. The first-order valence-electron chi connectivity index (χ1n) is 5.28. The smallest absolute Gasteiger partial charge is 0.267 e. The molecule has 1 aromatic rings. The highest BCUT2D eigenvalue weighted by Crippen LogP contribution is 2.06. The molecule has 0 aliphatic carbocycles. The molecule has 18 heavy (non-hydrogen) atoms. The van der Waals surface area contributed by atoms with Crippen LogP contribution in [0.4, 0.5) is 0 Å². The van der Waals surface area contributed by atoms with Gasteiger partial charge in [0.1, 0.15) is 0 Å². The molecule has 0 spiro atoms. The van der Waals surface area contributed by atoms with Gasteiger partial charge in [0.2, 0.25) is 0 Å². The van der Waals surface area contributed by atoms with E-state index in [1.807, 2.05) is 30.3 Å². The summed E-state index contributed by atoms with van der Waals surface area (Å²) >= 11 is 0. The fourth-order valence-corrected chi connectivity index (χ4v) is 1.88. The molecule has 88 valence electrons. The van der Waals surface area contributed by atoms with Crippen LogP contribution < -0.4 is 16.8 Å². The summed E-state index contributed by atoms with van der Waals surface area (Å²) in [6, 6.07) is 9.10. The van der Waals surface area contributed by atoms with Gasteiger partial charge in [-0.2, -0.15) is 9.97 Å². The number of benzene rings is 1. The maximum absolute atomic E-state index is 11.9. The van der Waals surface area contributed by atoms with Gasteiger partial charge >= 0.3 is 5.69 Å². The van der Waals surface area contributed by atoms with Gasteiger partial charge in [-0.3, -0.25) is 14.2 Å². The molecule has 0 unspecified atom stereocenters. The van der Waals surface area contributed by atoms with Crippen molar-refractivity contribution in [1.82, 2.24) is 14.5 Å². The minimum absolute atomic E-state index is 0.138. The van der Waals surface area contributed by atoms with E-state index in [1.54, 1.807) is 0 Å². The van der Waals surface area contributed by atoms with Gasteiger partial charge < -0.3 is 0 Å². The molecule has 0 amide bonds. The van der Waals surface area contributed by atoms with Crippen molar-refractivity contribution in [3.05, 3.63) is 67.1 Å². The van der Waals surface area contributed by atoms with Gasteiger partial charge in [0.25, 0.3) is 11.1 Å². The summed E-state index contributed by atoms with van der Waals surface area (Å²) in [7, 11) is 0. The van der Waals surface area contributed by atoms with Crippen molar-refractivity contribution in [2.45, 2.75) is 6.54 Å². The Morgan fingerprint density at radius 2 is 1.44 bits per heavy atom. The SMILES string of the molecule is O=c1nc2c(=O)n(Cc3ccccc3)c(=O)c-2n1. The lowest BCUT2D eigenvalue weighted by molar-refractivity contribution is 0.749. The van der Waals surface area contributed by atoms with Crippen molar-refractivity contribution < 1.29 is 0 Å². The predicted molar refractivity (Wildman–Crippen MR) is 63.4 cm³/mol. The second kappa shape index (κ2) is 3.69. The lowest BCUT2D eigenvalue weighted by atomic mass is 10.2. The van der Waals surface area contributed by atoms with E-state index in [9.17, 15) is 14.4 Å². The molecule has 0 fully saturated rings. The van der Waals surface area contributed by atoms with E-state index < -0.39 is 16.8 Å². The highest BCUT2D eigenvalue weighted by Gasteiger charge is 2.24. The summed E-state index contributed by atoms with van der Waals surface area (Å²) < 4.78 is 1.04. The predicted octanol–water partition coefficient (Wildman–Crippen LogP) is -0.613. The fraction of sp³-hybridized carbons (Fsp3) is 0.0833. The molecule has 0 saturated heterocycles. The van der Waals surface area contributed by atoms with Gasteiger partial charge in [-0.05, 0) is 5.56 Å². The van der Waals surface area contributed by atoms with E-state index in [0.717, 1.165) is 10.1 Å². The maximum atomic E-state index is 11.9. The first-order chi connectivity index (χ1) is 8.66. The Kier molecular flexibility index (Phi) is 2.16. The third-order valence-electron chi connectivity index (χ3n) is 2.72. The van der Waals surface area contributed by atoms with Crippen LogP contribution in [-0.2, 0) is 6.54 Å². The number of hydrogen-bond donors (Lipinski definition) is 0. The van der Waals surface area contributed by atoms with Crippen molar-refractivity contribution in [3.63, 3.8) is 0 Å². The third kappa shape index (κ3) is 1.46. The minimum atomic E-state index is -0.791. The maximum Gasteiger partial charge on any atom is 0.368 e. The molecule has 2 heterocycles. The molecular formula is C12H7N3O3. The van der Waals surface area contributed by atoms with Gasteiger partial charge in [-0.15, -0.1) is 0 Å². The average Bonchev–Trinajstić information content (AvgIpc) is 2.85. The van der Waals surface area contributed by atoms with E-state index in [2.05, 4.69) is 9.97 Å². The molecule has 0 N–H and O–H groups in total.